The smallest absolute Gasteiger partial charge is 0.200 e. The normalized spacial score (nSPS) is 18.8. The van der Waals surface area contributed by atoms with Gasteiger partial charge in [0.1, 0.15) is 10.1 Å². The van der Waals surface area contributed by atoms with E-state index in [0.29, 0.717) is 22.3 Å². The molecule has 1 aliphatic heterocycles. The molecule has 6 nitrogen and oxygen atoms in total. The first-order valence-corrected chi connectivity index (χ1v) is 17.8. The molecule has 252 valence electrons. The Balaban J connectivity index is 1.94. The Morgan fingerprint density at radius 2 is 0.640 bits per heavy atom. The highest BCUT2D eigenvalue weighted by Gasteiger charge is 2.39. The van der Waals surface area contributed by atoms with Crippen molar-refractivity contribution in [1.82, 2.24) is 0 Å². The molecule has 0 unspecified atom stereocenters. The number of aliphatic imine (C=N–C) groups is 2. The predicted octanol–water partition coefficient (Wildman–Crippen LogP) is 9.90. The Bertz CT molecular complexity index is 1900. The van der Waals surface area contributed by atoms with E-state index in [0.717, 1.165) is 23.5 Å². The number of benzene rings is 4. The molecule has 1 aliphatic rings. The van der Waals surface area contributed by atoms with Gasteiger partial charge in [0.25, 0.3) is 0 Å². The average Bonchev–Trinajstić information content (AvgIpc) is 3.09. The maximum absolute atomic E-state index is 14.8. The zero-order chi connectivity index (χ0) is 36.1. The molecule has 0 spiro atoms. The zero-order valence-electron chi connectivity index (χ0n) is 28.9. The van der Waals surface area contributed by atoms with Crippen molar-refractivity contribution in [3.05, 3.63) is 165 Å². The van der Waals surface area contributed by atoms with Crippen LogP contribution in [0.3, 0.4) is 0 Å². The van der Waals surface area contributed by atoms with E-state index >= 15 is 0 Å². The molecule has 4 aromatic carbocycles. The van der Waals surface area contributed by atoms with Gasteiger partial charge in [-0.1, -0.05) is 145 Å². The molecular formula is C42H38N2O4S2. The van der Waals surface area contributed by atoms with Gasteiger partial charge in [0.2, 0.25) is 11.6 Å². The maximum Gasteiger partial charge on any atom is 0.200 e. The van der Waals surface area contributed by atoms with Crippen LogP contribution in [0, 0.1) is 0 Å². The number of allylic oxidation sites excluding steroid dienone is 2. The van der Waals surface area contributed by atoms with Crippen LogP contribution >= 0.6 is 23.5 Å². The van der Waals surface area contributed by atoms with Crippen molar-refractivity contribution in [2.45, 2.75) is 52.6 Å². The molecule has 0 saturated carbocycles. The molecule has 0 bridgehead atoms. The number of hydrogen-bond donors (Lipinski definition) is 0. The highest BCUT2D eigenvalue weighted by molar-refractivity contribution is 8.21. The molecule has 0 radical (unpaired) electrons. The second kappa shape index (κ2) is 15.3. The predicted molar refractivity (Wildman–Crippen MR) is 207 cm³/mol. The number of rotatable bonds is 8. The molecule has 0 amide bonds. The molecule has 0 N–H and O–H groups in total. The lowest BCUT2D eigenvalue weighted by atomic mass is 9.99. The number of thioether (sulfide) groups is 2. The van der Waals surface area contributed by atoms with Crippen LogP contribution in [0.15, 0.2) is 152 Å². The van der Waals surface area contributed by atoms with Crippen LogP contribution in [-0.2, 0) is 0 Å². The van der Waals surface area contributed by atoms with Gasteiger partial charge in [-0.3, -0.25) is 29.2 Å². The Hall–Kier alpha value is -4.92. The lowest BCUT2D eigenvalue weighted by Crippen LogP contribution is -2.27. The zero-order valence-corrected chi connectivity index (χ0v) is 30.5. The van der Waals surface area contributed by atoms with Gasteiger partial charge in [0.15, 0.2) is 11.6 Å². The third-order valence-electron chi connectivity index (χ3n) is 7.16. The van der Waals surface area contributed by atoms with Gasteiger partial charge in [0, 0.05) is 22.3 Å². The van der Waals surface area contributed by atoms with Gasteiger partial charge < -0.3 is 0 Å². The van der Waals surface area contributed by atoms with Crippen molar-refractivity contribution in [3.63, 3.8) is 0 Å². The molecule has 0 atom stereocenters. The first-order chi connectivity index (χ1) is 23.7. The van der Waals surface area contributed by atoms with Crippen LogP contribution in [0.4, 0.5) is 0 Å². The van der Waals surface area contributed by atoms with Crippen LogP contribution < -0.4 is 0 Å². The van der Waals surface area contributed by atoms with E-state index in [1.807, 2.05) is 65.8 Å². The van der Waals surface area contributed by atoms with Gasteiger partial charge in [0.05, 0.1) is 32.0 Å². The molecule has 0 saturated heterocycles. The Kier molecular flexibility index (Phi) is 11.1. The molecule has 8 heteroatoms. The number of hydrogen-bond acceptors (Lipinski definition) is 8. The SMILES string of the molecule is CC(C)(C)N=C1S/C(C(=O)c2ccccc2)=C(/C(=O)c2ccccc2)C(=NC(C)(C)C)S/C(C(=O)c2ccccc2)=C\1C(=O)c1ccccc1. The highest BCUT2D eigenvalue weighted by atomic mass is 32.2. The van der Waals surface area contributed by atoms with Crippen LogP contribution in [0.25, 0.3) is 0 Å². The molecule has 0 aliphatic carbocycles. The fourth-order valence-corrected chi connectivity index (χ4v) is 7.74. The van der Waals surface area contributed by atoms with E-state index in [1.54, 1.807) is 97.1 Å². The maximum atomic E-state index is 14.8. The quantitative estimate of drug-likeness (QED) is 0.170. The molecule has 4 aromatic rings. The van der Waals surface area contributed by atoms with E-state index in [2.05, 4.69) is 0 Å². The molecule has 50 heavy (non-hydrogen) atoms. The number of ketones is 4. The molecule has 5 rings (SSSR count). The largest absolute Gasteiger partial charge is 0.288 e. The van der Waals surface area contributed by atoms with Crippen molar-refractivity contribution in [3.8, 4) is 0 Å². The fourth-order valence-electron chi connectivity index (χ4n) is 4.99. The van der Waals surface area contributed by atoms with Gasteiger partial charge >= 0.3 is 0 Å². The summed E-state index contributed by atoms with van der Waals surface area (Å²) in [5, 5.41) is 0.316. The second-order valence-electron chi connectivity index (χ2n) is 13.6. The number of carbonyl (C=O) groups is 4. The van der Waals surface area contributed by atoms with E-state index in [9.17, 15) is 19.2 Å². The molecule has 0 fully saturated rings. The first kappa shape index (κ1) is 36.4. The van der Waals surface area contributed by atoms with E-state index in [4.69, 9.17) is 9.98 Å². The summed E-state index contributed by atoms with van der Waals surface area (Å²) < 4.78 is 0. The summed E-state index contributed by atoms with van der Waals surface area (Å²) in [5.74, 6) is -1.73. The summed E-state index contributed by atoms with van der Waals surface area (Å²) in [4.78, 5) is 69.1. The van der Waals surface area contributed by atoms with Crippen LogP contribution in [0.1, 0.15) is 83.0 Å². The fraction of sp³-hybridized carbons (Fsp3) is 0.190. The number of Topliss-reactive ketones (excluding diaryl/α,β-unsaturated/α-hetero) is 4. The van der Waals surface area contributed by atoms with Crippen molar-refractivity contribution >= 4 is 56.7 Å². The third-order valence-corrected chi connectivity index (χ3v) is 9.33. The molecular weight excluding hydrogens is 661 g/mol. The topological polar surface area (TPSA) is 93.0 Å². The van der Waals surface area contributed by atoms with Crippen molar-refractivity contribution in [2.24, 2.45) is 9.98 Å². The molecule has 1 heterocycles. The number of carbonyl (C=O) groups excluding carboxylic acids is 4. The first-order valence-electron chi connectivity index (χ1n) is 16.2. The minimum absolute atomic E-state index is 0.0427. The van der Waals surface area contributed by atoms with E-state index < -0.39 is 34.2 Å². The minimum atomic E-state index is -0.748. The van der Waals surface area contributed by atoms with Gasteiger partial charge in [-0.25, -0.2) is 0 Å². The Morgan fingerprint density at radius 1 is 0.400 bits per heavy atom. The minimum Gasteiger partial charge on any atom is -0.288 e. The Morgan fingerprint density at radius 3 is 0.880 bits per heavy atom. The highest BCUT2D eigenvalue weighted by Crippen LogP contribution is 2.43. The summed E-state index contributed by atoms with van der Waals surface area (Å²) in [6.07, 6.45) is 0. The standard InChI is InChI=1S/C42H38N2O4S2/c1-41(2,3)43-39-31(33(45)27-19-11-7-12-20-27)37(35(47)29-23-15-9-16-24-29)50-40(44-42(4,5)6)32(34(46)28-21-13-8-14-22-28)38(49-39)36(48)30-25-17-10-18-26-30/h7-26H,1-6H3/b37-31-,38-32-,43-39?,44-40?. The van der Waals surface area contributed by atoms with Crippen LogP contribution in [0.5, 0.6) is 0 Å². The van der Waals surface area contributed by atoms with E-state index in [-0.39, 0.29) is 31.0 Å². The van der Waals surface area contributed by atoms with Crippen LogP contribution in [-0.4, -0.2) is 44.3 Å². The molecule has 0 aromatic heterocycles. The second-order valence-corrected chi connectivity index (χ2v) is 15.6. The number of nitrogens with zero attached hydrogens (tertiary/aromatic N) is 2. The lowest BCUT2D eigenvalue weighted by molar-refractivity contribution is 0.101. The summed E-state index contributed by atoms with van der Waals surface area (Å²) in [7, 11) is 0. The van der Waals surface area contributed by atoms with Gasteiger partial charge in [-0.05, 0) is 41.5 Å². The van der Waals surface area contributed by atoms with Crippen LogP contribution in [0.2, 0.25) is 0 Å². The summed E-state index contributed by atoms with van der Waals surface area (Å²) in [6, 6.07) is 34.7. The summed E-state index contributed by atoms with van der Waals surface area (Å²) >= 11 is 1.88. The van der Waals surface area contributed by atoms with Crippen molar-refractivity contribution < 1.29 is 19.2 Å². The third kappa shape index (κ3) is 8.80. The Labute approximate surface area is 301 Å². The monoisotopic (exact) mass is 698 g/mol. The lowest BCUT2D eigenvalue weighted by Gasteiger charge is -2.26. The van der Waals surface area contributed by atoms with Crippen molar-refractivity contribution in [2.75, 3.05) is 0 Å². The van der Waals surface area contributed by atoms with Crippen molar-refractivity contribution in [1.29, 1.82) is 0 Å². The van der Waals surface area contributed by atoms with Gasteiger partial charge in [-0.15, -0.1) is 0 Å². The summed E-state index contributed by atoms with van der Waals surface area (Å²) in [6.45, 7) is 11.3. The average molecular weight is 699 g/mol. The van der Waals surface area contributed by atoms with Gasteiger partial charge in [-0.2, -0.15) is 0 Å². The summed E-state index contributed by atoms with van der Waals surface area (Å²) in [5.41, 5.74) is -0.0145. The van der Waals surface area contributed by atoms with E-state index in [1.165, 1.54) is 0 Å².